The van der Waals surface area contributed by atoms with Gasteiger partial charge in [0.15, 0.2) is 0 Å². The molecule has 1 aliphatic heterocycles. The Hall–Kier alpha value is -3.04. The van der Waals surface area contributed by atoms with Crippen molar-refractivity contribution in [1.82, 2.24) is 15.3 Å². The topological polar surface area (TPSA) is 128 Å². The standard InChI is InChI=1S/C20H25N5O4/c1-11-6-7-22-20(23-11)24-17-12(2)19(29)25(13(3)27)16-5-4-14(10-15(16)17)18(28)21-8-9-26/h4-7,10,12,17,19,26,29H,8-9H2,1-3H3,(H,21,28)(H,22,23,24)/t12-,17-,19+/m1/s1. The SMILES string of the molecule is CC(=O)N1c2ccc(C(=O)NCCO)cc2[C@H](Nc2nccc(C)n2)[C@@H](C)[C@@H]1O. The molecular weight excluding hydrogens is 374 g/mol. The minimum absolute atomic E-state index is 0.142. The fourth-order valence-electron chi connectivity index (χ4n) is 3.49. The van der Waals surface area contributed by atoms with Crippen LogP contribution in [0.2, 0.25) is 0 Å². The summed E-state index contributed by atoms with van der Waals surface area (Å²) in [6, 6.07) is 6.27. The Balaban J connectivity index is 2.05. The minimum atomic E-state index is -1.05. The molecule has 4 N–H and O–H groups in total. The summed E-state index contributed by atoms with van der Waals surface area (Å²) in [6.45, 7) is 5.03. The number of fused-ring (bicyclic) bond motifs is 1. The van der Waals surface area contributed by atoms with Crippen molar-refractivity contribution in [3.63, 3.8) is 0 Å². The zero-order chi connectivity index (χ0) is 21.1. The van der Waals surface area contributed by atoms with Crippen molar-refractivity contribution in [3.8, 4) is 0 Å². The number of aromatic nitrogens is 2. The number of anilines is 2. The van der Waals surface area contributed by atoms with Gasteiger partial charge in [-0.05, 0) is 36.8 Å². The maximum atomic E-state index is 12.4. The van der Waals surface area contributed by atoms with Gasteiger partial charge >= 0.3 is 0 Å². The van der Waals surface area contributed by atoms with Gasteiger partial charge in [0.05, 0.1) is 18.3 Å². The van der Waals surface area contributed by atoms with Crippen molar-refractivity contribution < 1.29 is 19.8 Å². The number of hydrogen-bond acceptors (Lipinski definition) is 7. The van der Waals surface area contributed by atoms with E-state index in [1.165, 1.54) is 11.8 Å². The molecule has 3 atom stereocenters. The number of hydrogen-bond donors (Lipinski definition) is 4. The summed E-state index contributed by atoms with van der Waals surface area (Å²) < 4.78 is 0. The highest BCUT2D eigenvalue weighted by Crippen LogP contribution is 2.42. The third-order valence-corrected chi connectivity index (χ3v) is 4.96. The number of aliphatic hydroxyl groups is 2. The van der Waals surface area contributed by atoms with E-state index in [-0.39, 0.29) is 25.0 Å². The highest BCUT2D eigenvalue weighted by atomic mass is 16.3. The Kier molecular flexibility index (Phi) is 6.09. The van der Waals surface area contributed by atoms with Crippen molar-refractivity contribution in [2.24, 2.45) is 5.92 Å². The van der Waals surface area contributed by atoms with E-state index >= 15 is 0 Å². The summed E-state index contributed by atoms with van der Waals surface area (Å²) in [5.41, 5.74) is 2.38. The average molecular weight is 399 g/mol. The molecule has 9 heteroatoms. The molecule has 0 aliphatic carbocycles. The van der Waals surface area contributed by atoms with E-state index in [1.807, 2.05) is 13.8 Å². The summed E-state index contributed by atoms with van der Waals surface area (Å²) in [6.07, 6.45) is 0.590. The first kappa shape index (κ1) is 20.7. The van der Waals surface area contributed by atoms with Gasteiger partial charge in [-0.15, -0.1) is 0 Å². The van der Waals surface area contributed by atoms with Gasteiger partial charge in [0.1, 0.15) is 6.23 Å². The van der Waals surface area contributed by atoms with Crippen LogP contribution < -0.4 is 15.5 Å². The first-order chi connectivity index (χ1) is 13.8. The van der Waals surface area contributed by atoms with Gasteiger partial charge < -0.3 is 20.8 Å². The molecule has 2 heterocycles. The summed E-state index contributed by atoms with van der Waals surface area (Å²) in [5, 5.41) is 25.6. The van der Waals surface area contributed by atoms with Gasteiger partial charge in [-0.1, -0.05) is 6.92 Å². The molecule has 0 bridgehead atoms. The Labute approximate surface area is 168 Å². The zero-order valence-electron chi connectivity index (χ0n) is 16.6. The van der Waals surface area contributed by atoms with Gasteiger partial charge in [0.2, 0.25) is 11.9 Å². The maximum absolute atomic E-state index is 12.4. The van der Waals surface area contributed by atoms with E-state index in [4.69, 9.17) is 5.11 Å². The molecule has 0 radical (unpaired) electrons. The van der Waals surface area contributed by atoms with Crippen LogP contribution in [-0.4, -0.2) is 51.4 Å². The number of rotatable bonds is 5. The third-order valence-electron chi connectivity index (χ3n) is 4.96. The lowest BCUT2D eigenvalue weighted by Gasteiger charge is -2.42. The van der Waals surface area contributed by atoms with Crippen LogP contribution in [-0.2, 0) is 4.79 Å². The summed E-state index contributed by atoms with van der Waals surface area (Å²) in [5.74, 6) is -0.633. The fourth-order valence-corrected chi connectivity index (χ4v) is 3.49. The maximum Gasteiger partial charge on any atom is 0.251 e. The van der Waals surface area contributed by atoms with Crippen LogP contribution in [0.25, 0.3) is 0 Å². The number of nitrogens with zero attached hydrogens (tertiary/aromatic N) is 3. The predicted octanol–water partition coefficient (Wildman–Crippen LogP) is 0.981. The Bertz CT molecular complexity index is 919. The largest absolute Gasteiger partial charge is 0.395 e. The second kappa shape index (κ2) is 8.54. The molecule has 0 saturated carbocycles. The van der Waals surface area contributed by atoms with Crippen molar-refractivity contribution in [2.45, 2.75) is 33.0 Å². The van der Waals surface area contributed by atoms with Crippen LogP contribution in [0.1, 0.15) is 41.5 Å². The molecule has 1 aromatic heterocycles. The molecule has 2 amide bonds. The normalized spacial score (nSPS) is 20.7. The lowest BCUT2D eigenvalue weighted by atomic mass is 9.85. The number of aryl methyl sites for hydroxylation is 1. The third kappa shape index (κ3) is 4.20. The molecule has 3 rings (SSSR count). The molecule has 1 aliphatic rings. The van der Waals surface area contributed by atoms with Crippen LogP contribution in [0.15, 0.2) is 30.5 Å². The average Bonchev–Trinajstić information content (AvgIpc) is 2.69. The van der Waals surface area contributed by atoms with Gasteiger partial charge in [0, 0.05) is 36.8 Å². The quantitative estimate of drug-likeness (QED) is 0.590. The second-order valence-electron chi connectivity index (χ2n) is 7.06. The van der Waals surface area contributed by atoms with Crippen LogP contribution in [0.5, 0.6) is 0 Å². The number of aliphatic hydroxyl groups excluding tert-OH is 2. The van der Waals surface area contributed by atoms with Crippen molar-refractivity contribution in [3.05, 3.63) is 47.3 Å². The molecule has 0 saturated heterocycles. The van der Waals surface area contributed by atoms with Crippen LogP contribution in [0.4, 0.5) is 11.6 Å². The molecular formula is C20H25N5O4. The molecule has 9 nitrogen and oxygen atoms in total. The Morgan fingerprint density at radius 3 is 2.69 bits per heavy atom. The lowest BCUT2D eigenvalue weighted by molar-refractivity contribution is -0.119. The van der Waals surface area contributed by atoms with Crippen molar-refractivity contribution >= 4 is 23.5 Å². The fraction of sp³-hybridized carbons (Fsp3) is 0.400. The number of carbonyl (C=O) groups is 2. The van der Waals surface area contributed by atoms with E-state index < -0.39 is 18.2 Å². The zero-order valence-corrected chi connectivity index (χ0v) is 16.6. The summed E-state index contributed by atoms with van der Waals surface area (Å²) in [4.78, 5) is 34.5. The van der Waals surface area contributed by atoms with Crippen LogP contribution in [0, 0.1) is 12.8 Å². The number of carbonyl (C=O) groups excluding carboxylic acids is 2. The molecule has 2 aromatic rings. The van der Waals surface area contributed by atoms with Crippen molar-refractivity contribution in [1.29, 1.82) is 0 Å². The second-order valence-corrected chi connectivity index (χ2v) is 7.06. The van der Waals surface area contributed by atoms with E-state index in [1.54, 1.807) is 30.5 Å². The smallest absolute Gasteiger partial charge is 0.251 e. The van der Waals surface area contributed by atoms with E-state index in [2.05, 4.69) is 20.6 Å². The Morgan fingerprint density at radius 2 is 2.03 bits per heavy atom. The van der Waals surface area contributed by atoms with E-state index in [0.717, 1.165) is 5.69 Å². The molecule has 154 valence electrons. The summed E-state index contributed by atoms with van der Waals surface area (Å²) in [7, 11) is 0. The number of amides is 2. The highest BCUT2D eigenvalue weighted by molar-refractivity contribution is 5.97. The van der Waals surface area contributed by atoms with Gasteiger partial charge in [-0.25, -0.2) is 9.97 Å². The molecule has 0 fully saturated rings. The number of nitrogens with one attached hydrogen (secondary N) is 2. The van der Waals surface area contributed by atoms with Crippen LogP contribution >= 0.6 is 0 Å². The van der Waals surface area contributed by atoms with Crippen molar-refractivity contribution in [2.75, 3.05) is 23.4 Å². The molecule has 0 spiro atoms. The first-order valence-corrected chi connectivity index (χ1v) is 9.40. The van der Waals surface area contributed by atoms with Gasteiger partial charge in [0.25, 0.3) is 5.91 Å². The molecule has 0 unspecified atom stereocenters. The first-order valence-electron chi connectivity index (χ1n) is 9.40. The lowest BCUT2D eigenvalue weighted by Crippen LogP contribution is -2.50. The highest BCUT2D eigenvalue weighted by Gasteiger charge is 2.40. The van der Waals surface area contributed by atoms with E-state index in [0.29, 0.717) is 22.8 Å². The van der Waals surface area contributed by atoms with Gasteiger partial charge in [-0.3, -0.25) is 14.5 Å². The predicted molar refractivity (Wildman–Crippen MR) is 107 cm³/mol. The van der Waals surface area contributed by atoms with Gasteiger partial charge in [-0.2, -0.15) is 0 Å². The van der Waals surface area contributed by atoms with Crippen LogP contribution in [0.3, 0.4) is 0 Å². The molecule has 1 aromatic carbocycles. The monoisotopic (exact) mass is 399 g/mol. The Morgan fingerprint density at radius 1 is 1.28 bits per heavy atom. The number of benzene rings is 1. The summed E-state index contributed by atoms with van der Waals surface area (Å²) >= 11 is 0. The minimum Gasteiger partial charge on any atom is -0.395 e. The molecule has 29 heavy (non-hydrogen) atoms. The van der Waals surface area contributed by atoms with E-state index in [9.17, 15) is 14.7 Å².